The van der Waals surface area contributed by atoms with E-state index < -0.39 is 31.6 Å². The zero-order chi connectivity index (χ0) is 31.2. The Morgan fingerprint density at radius 1 is 1.18 bits per heavy atom. The standard InChI is InChI=1S/C32H39BrFN5O4Si/c1-21-30(44(2,3)34)28(12-15-37-20-24(13-16-40)35-36-37)43-32(21)26-18-23(33)10-11-27(26)39(31(32)42)19-22-7-6-8-25(17-22)38-14-5-4-9-29(38)41/h6-8,10-11,17-18,20-21,28,30,40H,4-5,9,12-16,19H2,1-3H3/t21-,28+,30-,32+/m0/s1. The maximum atomic E-state index is 16.2. The number of nitrogens with zero attached hydrogens (tertiary/aromatic N) is 5. The van der Waals surface area contributed by atoms with Crippen LogP contribution in [-0.4, -0.2) is 59.6 Å². The first-order valence-corrected chi connectivity index (χ1v) is 19.2. The van der Waals surface area contributed by atoms with Gasteiger partial charge < -0.3 is 23.8 Å². The molecule has 2 aromatic carbocycles. The highest BCUT2D eigenvalue weighted by Gasteiger charge is 2.66. The first-order chi connectivity index (χ1) is 21.0. The Morgan fingerprint density at radius 3 is 2.75 bits per heavy atom. The monoisotopic (exact) mass is 683 g/mol. The summed E-state index contributed by atoms with van der Waals surface area (Å²) in [6.45, 7) is 6.80. The van der Waals surface area contributed by atoms with Gasteiger partial charge in [-0.15, -0.1) is 5.10 Å². The number of aliphatic hydroxyl groups is 1. The van der Waals surface area contributed by atoms with Crippen LogP contribution in [0.5, 0.6) is 0 Å². The highest BCUT2D eigenvalue weighted by Crippen LogP contribution is 2.60. The van der Waals surface area contributed by atoms with Crippen LogP contribution in [0.4, 0.5) is 15.5 Å². The van der Waals surface area contributed by atoms with E-state index in [9.17, 15) is 14.7 Å². The Balaban J connectivity index is 1.32. The van der Waals surface area contributed by atoms with Crippen molar-refractivity contribution in [2.24, 2.45) is 5.92 Å². The summed E-state index contributed by atoms with van der Waals surface area (Å²) < 4.78 is 25.5. The van der Waals surface area contributed by atoms with Crippen LogP contribution in [0.2, 0.25) is 18.6 Å². The predicted molar refractivity (Wildman–Crippen MR) is 171 cm³/mol. The molecule has 3 aromatic rings. The van der Waals surface area contributed by atoms with Gasteiger partial charge in [0.05, 0.1) is 24.0 Å². The van der Waals surface area contributed by atoms with E-state index in [-0.39, 0.29) is 18.4 Å². The van der Waals surface area contributed by atoms with Crippen molar-refractivity contribution < 1.29 is 23.5 Å². The first-order valence-electron chi connectivity index (χ1n) is 15.4. The molecule has 1 spiro atoms. The molecule has 4 heterocycles. The number of fused-ring (bicyclic) bond motifs is 2. The summed E-state index contributed by atoms with van der Waals surface area (Å²) in [5.74, 6) is -0.462. The zero-order valence-corrected chi connectivity index (χ0v) is 28.0. The van der Waals surface area contributed by atoms with E-state index in [1.54, 1.807) is 28.9 Å². The molecule has 2 fully saturated rings. The van der Waals surface area contributed by atoms with Crippen LogP contribution >= 0.6 is 15.9 Å². The van der Waals surface area contributed by atoms with Crippen molar-refractivity contribution in [3.63, 3.8) is 0 Å². The Hall–Kier alpha value is -2.93. The predicted octanol–water partition coefficient (Wildman–Crippen LogP) is 5.50. The molecule has 0 radical (unpaired) electrons. The number of hydrogen-bond donors (Lipinski definition) is 1. The van der Waals surface area contributed by atoms with Gasteiger partial charge in [0.15, 0.2) is 5.60 Å². The summed E-state index contributed by atoms with van der Waals surface area (Å²) in [6.07, 6.45) is 4.61. The Bertz CT molecular complexity index is 1560. The van der Waals surface area contributed by atoms with Gasteiger partial charge in [0.25, 0.3) is 5.91 Å². The third-order valence-corrected chi connectivity index (χ3v) is 12.4. The third kappa shape index (κ3) is 5.54. The number of carbonyl (C=O) groups is 2. The van der Waals surface area contributed by atoms with Gasteiger partial charge in [-0.25, -0.2) is 0 Å². The van der Waals surface area contributed by atoms with Crippen LogP contribution in [0.1, 0.15) is 49.4 Å². The highest BCUT2D eigenvalue weighted by atomic mass is 79.9. The van der Waals surface area contributed by atoms with Crippen LogP contribution in [0.25, 0.3) is 0 Å². The van der Waals surface area contributed by atoms with Crippen molar-refractivity contribution in [3.05, 3.63) is 70.0 Å². The summed E-state index contributed by atoms with van der Waals surface area (Å²) in [5.41, 5.74) is 2.20. The molecule has 9 nitrogen and oxygen atoms in total. The number of amides is 2. The number of rotatable bonds is 9. The zero-order valence-electron chi connectivity index (χ0n) is 25.4. The number of aliphatic hydroxyl groups excluding tert-OH is 1. The normalized spacial score (nSPS) is 25.4. The number of aryl methyl sites for hydroxylation is 1. The number of anilines is 2. The van der Waals surface area contributed by atoms with Gasteiger partial charge in [-0.1, -0.05) is 40.2 Å². The Labute approximate surface area is 266 Å². The van der Waals surface area contributed by atoms with Gasteiger partial charge in [0, 0.05) is 65.9 Å². The fraction of sp³-hybridized carbons (Fsp3) is 0.500. The molecule has 0 saturated carbocycles. The first kappa shape index (κ1) is 31.1. The van der Waals surface area contributed by atoms with Crippen molar-refractivity contribution in [1.82, 2.24) is 15.0 Å². The minimum atomic E-state index is -3.31. The number of carbonyl (C=O) groups excluding carboxylic acids is 2. The van der Waals surface area contributed by atoms with Crippen LogP contribution in [0, 0.1) is 5.92 Å². The van der Waals surface area contributed by atoms with Gasteiger partial charge in [0.2, 0.25) is 14.3 Å². The lowest BCUT2D eigenvalue weighted by Gasteiger charge is -2.31. The molecule has 2 amide bonds. The van der Waals surface area contributed by atoms with Crippen LogP contribution in [-0.2, 0) is 39.4 Å². The van der Waals surface area contributed by atoms with Crippen molar-refractivity contribution in [2.45, 2.75) is 82.5 Å². The lowest BCUT2D eigenvalue weighted by atomic mass is 9.82. The number of aromatic nitrogens is 3. The Morgan fingerprint density at radius 2 is 2.00 bits per heavy atom. The topological polar surface area (TPSA) is 101 Å². The molecule has 0 unspecified atom stereocenters. The largest absolute Gasteiger partial charge is 0.396 e. The minimum absolute atomic E-state index is 0.0115. The number of halogens is 2. The van der Waals surface area contributed by atoms with Crippen molar-refractivity contribution in [1.29, 1.82) is 0 Å². The molecule has 6 rings (SSSR count). The fourth-order valence-electron chi connectivity index (χ4n) is 7.47. The molecule has 0 bridgehead atoms. The molecule has 2 saturated heterocycles. The molecule has 0 aliphatic carbocycles. The summed E-state index contributed by atoms with van der Waals surface area (Å²) in [5, 5.41) is 17.5. The number of piperidine rings is 1. The summed E-state index contributed by atoms with van der Waals surface area (Å²) in [7, 11) is -3.31. The van der Waals surface area contributed by atoms with Crippen molar-refractivity contribution >= 4 is 47.5 Å². The molecule has 3 aliphatic rings. The molecule has 1 N–H and O–H groups in total. The number of hydrogen-bond acceptors (Lipinski definition) is 6. The fourth-order valence-corrected chi connectivity index (χ4v) is 10.4. The second kappa shape index (κ2) is 12.1. The average molecular weight is 685 g/mol. The van der Waals surface area contributed by atoms with Crippen LogP contribution in [0.3, 0.4) is 0 Å². The maximum Gasteiger partial charge on any atom is 0.264 e. The van der Waals surface area contributed by atoms with Gasteiger partial charge in [0.1, 0.15) is 0 Å². The molecule has 1 aromatic heterocycles. The van der Waals surface area contributed by atoms with Crippen molar-refractivity contribution in [2.75, 3.05) is 23.0 Å². The number of benzene rings is 2. The van der Waals surface area contributed by atoms with Gasteiger partial charge >= 0.3 is 0 Å². The van der Waals surface area contributed by atoms with E-state index in [4.69, 9.17) is 4.74 Å². The van der Waals surface area contributed by atoms with E-state index in [2.05, 4.69) is 26.2 Å². The van der Waals surface area contributed by atoms with Crippen molar-refractivity contribution in [3.8, 4) is 0 Å². The second-order valence-electron chi connectivity index (χ2n) is 12.7. The molecule has 12 heteroatoms. The van der Waals surface area contributed by atoms with Gasteiger partial charge in [-0.3, -0.25) is 14.3 Å². The van der Waals surface area contributed by atoms with Gasteiger partial charge in [-0.2, -0.15) is 0 Å². The molecule has 234 valence electrons. The summed E-state index contributed by atoms with van der Waals surface area (Å²) >= 11 is 3.60. The average Bonchev–Trinajstić information content (AvgIpc) is 3.62. The van der Waals surface area contributed by atoms with E-state index in [1.807, 2.05) is 54.3 Å². The van der Waals surface area contributed by atoms with Crippen LogP contribution in [0.15, 0.2) is 53.1 Å². The quantitative estimate of drug-likeness (QED) is 0.236. The smallest absolute Gasteiger partial charge is 0.264 e. The molecule has 4 atom stereocenters. The highest BCUT2D eigenvalue weighted by molar-refractivity contribution is 9.10. The molecule has 44 heavy (non-hydrogen) atoms. The lowest BCUT2D eigenvalue weighted by Crippen LogP contribution is -2.45. The summed E-state index contributed by atoms with van der Waals surface area (Å²) in [6, 6.07) is 13.6. The second-order valence-corrected chi connectivity index (χ2v) is 17.4. The minimum Gasteiger partial charge on any atom is -0.396 e. The van der Waals surface area contributed by atoms with E-state index in [0.717, 1.165) is 39.8 Å². The van der Waals surface area contributed by atoms with E-state index in [1.165, 1.54) is 0 Å². The van der Waals surface area contributed by atoms with E-state index >= 15 is 4.11 Å². The lowest BCUT2D eigenvalue weighted by molar-refractivity contribution is -0.146. The SMILES string of the molecule is C[C@H]1[C@H]([Si](C)(C)F)[C@@H](CCn2cc(CCO)nn2)O[C@]12C(=O)N(Cc1cccc(N3CCCCC3=O)c1)c1ccc(Br)cc12. The number of ether oxygens (including phenoxy) is 1. The molecule has 3 aliphatic heterocycles. The maximum absolute atomic E-state index is 16.2. The Kier molecular flexibility index (Phi) is 8.55. The van der Waals surface area contributed by atoms with Gasteiger partial charge in [-0.05, 0) is 68.3 Å². The molecular formula is C32H39BrFN5O4Si. The molecular weight excluding hydrogens is 645 g/mol. The van der Waals surface area contributed by atoms with Crippen LogP contribution < -0.4 is 9.80 Å². The third-order valence-electron chi connectivity index (χ3n) is 9.41. The van der Waals surface area contributed by atoms with E-state index in [0.29, 0.717) is 44.6 Å². The summed E-state index contributed by atoms with van der Waals surface area (Å²) in [4.78, 5) is 30.9.